The van der Waals surface area contributed by atoms with Crippen LogP contribution in [0.25, 0.3) is 0 Å². The molecule has 2 amide bonds. The Kier molecular flexibility index (Phi) is 4.93. The Morgan fingerprint density at radius 1 is 1.04 bits per heavy atom. The molecule has 0 fully saturated rings. The molecule has 1 aromatic carbocycles. The minimum absolute atomic E-state index is 0.194. The van der Waals surface area contributed by atoms with Crippen LogP contribution >= 0.6 is 11.3 Å². The second-order valence-electron chi connectivity index (χ2n) is 4.88. The molecule has 3 rings (SSSR count). The molecule has 7 heteroatoms. The van der Waals surface area contributed by atoms with E-state index in [-0.39, 0.29) is 11.6 Å². The molecule has 120 valence electrons. The Morgan fingerprint density at radius 3 is 2.62 bits per heavy atom. The minimum atomic E-state index is -0.404. The van der Waals surface area contributed by atoms with Gasteiger partial charge in [-0.05, 0) is 17.0 Å². The van der Waals surface area contributed by atoms with Gasteiger partial charge in [0.1, 0.15) is 10.6 Å². The van der Waals surface area contributed by atoms with Crippen molar-refractivity contribution in [3.05, 3.63) is 76.5 Å². The van der Waals surface area contributed by atoms with Gasteiger partial charge in [-0.2, -0.15) is 0 Å². The van der Waals surface area contributed by atoms with Crippen LogP contribution < -0.4 is 10.6 Å². The zero-order valence-electron chi connectivity index (χ0n) is 12.6. The fraction of sp³-hybridized carbons (Fsp3) is 0.0588. The minimum Gasteiger partial charge on any atom is -0.347 e. The monoisotopic (exact) mass is 338 g/mol. The van der Waals surface area contributed by atoms with E-state index < -0.39 is 5.91 Å². The van der Waals surface area contributed by atoms with Crippen LogP contribution in [0.1, 0.15) is 25.7 Å². The lowest BCUT2D eigenvalue weighted by Crippen LogP contribution is -2.23. The van der Waals surface area contributed by atoms with Crippen LogP contribution in [-0.2, 0) is 6.54 Å². The fourth-order valence-corrected chi connectivity index (χ4v) is 2.81. The van der Waals surface area contributed by atoms with Gasteiger partial charge >= 0.3 is 0 Å². The molecule has 3 aromatic rings. The maximum Gasteiger partial charge on any atom is 0.275 e. The molecule has 2 N–H and O–H groups in total. The van der Waals surface area contributed by atoms with Crippen molar-refractivity contribution in [1.29, 1.82) is 0 Å². The van der Waals surface area contributed by atoms with Gasteiger partial charge in [0, 0.05) is 18.9 Å². The van der Waals surface area contributed by atoms with E-state index in [0.717, 1.165) is 5.56 Å². The second kappa shape index (κ2) is 7.47. The molecule has 0 aliphatic heterocycles. The van der Waals surface area contributed by atoms with Gasteiger partial charge in [0.15, 0.2) is 0 Å². The van der Waals surface area contributed by atoms with Gasteiger partial charge in [-0.3, -0.25) is 14.6 Å². The highest BCUT2D eigenvalue weighted by Gasteiger charge is 2.16. The lowest BCUT2D eigenvalue weighted by molar-refractivity contribution is 0.0956. The van der Waals surface area contributed by atoms with Gasteiger partial charge < -0.3 is 10.6 Å². The molecule has 0 spiro atoms. The number of thiophene rings is 1. The van der Waals surface area contributed by atoms with E-state index >= 15 is 0 Å². The summed E-state index contributed by atoms with van der Waals surface area (Å²) in [6.07, 6.45) is 4.30. The summed E-state index contributed by atoms with van der Waals surface area (Å²) in [4.78, 5) is 32.7. The predicted molar refractivity (Wildman–Crippen MR) is 91.9 cm³/mol. The molecule has 0 saturated carbocycles. The van der Waals surface area contributed by atoms with Crippen molar-refractivity contribution in [2.24, 2.45) is 0 Å². The largest absolute Gasteiger partial charge is 0.347 e. The number of rotatable bonds is 5. The van der Waals surface area contributed by atoms with Crippen LogP contribution in [0.3, 0.4) is 0 Å². The van der Waals surface area contributed by atoms with Crippen molar-refractivity contribution in [3.63, 3.8) is 0 Å². The summed E-state index contributed by atoms with van der Waals surface area (Å²) in [5.74, 6) is -0.637. The van der Waals surface area contributed by atoms with Gasteiger partial charge in [0.05, 0.1) is 11.9 Å². The molecule has 2 aromatic heterocycles. The van der Waals surface area contributed by atoms with Crippen molar-refractivity contribution in [3.8, 4) is 0 Å². The molecule has 0 atom stereocenters. The standard InChI is InChI=1S/C17H14N4O2S/c22-16(14-11-18-7-8-19-14)21-13-6-9-24-15(13)17(23)20-10-12-4-2-1-3-5-12/h1-9,11H,10H2,(H,20,23)(H,21,22). The Bertz CT molecular complexity index is 834. The van der Waals surface area contributed by atoms with E-state index in [2.05, 4.69) is 20.6 Å². The molecule has 2 heterocycles. The first-order valence-electron chi connectivity index (χ1n) is 7.21. The normalized spacial score (nSPS) is 10.2. The van der Waals surface area contributed by atoms with Crippen LogP contribution in [0.5, 0.6) is 0 Å². The van der Waals surface area contributed by atoms with Crippen molar-refractivity contribution in [2.75, 3.05) is 5.32 Å². The fourth-order valence-electron chi connectivity index (χ4n) is 2.04. The highest BCUT2D eigenvalue weighted by molar-refractivity contribution is 7.12. The van der Waals surface area contributed by atoms with Gasteiger partial charge in [0.2, 0.25) is 0 Å². The Labute approximate surface area is 142 Å². The van der Waals surface area contributed by atoms with Crippen LogP contribution in [-0.4, -0.2) is 21.8 Å². The number of nitrogens with one attached hydrogen (secondary N) is 2. The van der Waals surface area contributed by atoms with E-state index in [1.54, 1.807) is 11.4 Å². The highest BCUT2D eigenvalue weighted by Crippen LogP contribution is 2.22. The smallest absolute Gasteiger partial charge is 0.275 e. The quantitative estimate of drug-likeness (QED) is 0.749. The average molecular weight is 338 g/mol. The van der Waals surface area contributed by atoms with Crippen LogP contribution in [0.4, 0.5) is 5.69 Å². The maximum atomic E-state index is 12.3. The van der Waals surface area contributed by atoms with Crippen molar-refractivity contribution < 1.29 is 9.59 Å². The Morgan fingerprint density at radius 2 is 1.88 bits per heavy atom. The number of hydrogen-bond acceptors (Lipinski definition) is 5. The van der Waals surface area contributed by atoms with Gasteiger partial charge in [-0.15, -0.1) is 11.3 Å². The molecule has 0 bridgehead atoms. The SMILES string of the molecule is O=C(Nc1ccsc1C(=O)NCc1ccccc1)c1cnccn1. The van der Waals surface area contributed by atoms with Crippen molar-refractivity contribution in [1.82, 2.24) is 15.3 Å². The Balaban J connectivity index is 1.66. The molecule has 0 aliphatic carbocycles. The van der Waals surface area contributed by atoms with E-state index in [0.29, 0.717) is 17.1 Å². The van der Waals surface area contributed by atoms with Gasteiger partial charge in [0.25, 0.3) is 11.8 Å². The average Bonchev–Trinajstić information content (AvgIpc) is 3.09. The number of amides is 2. The van der Waals surface area contributed by atoms with E-state index in [1.165, 1.54) is 29.9 Å². The zero-order chi connectivity index (χ0) is 16.8. The molecule has 24 heavy (non-hydrogen) atoms. The third-order valence-corrected chi connectivity index (χ3v) is 4.12. The lowest BCUT2D eigenvalue weighted by Gasteiger charge is -2.07. The molecule has 0 saturated heterocycles. The number of hydrogen-bond donors (Lipinski definition) is 2. The summed E-state index contributed by atoms with van der Waals surface area (Å²) in [6, 6.07) is 11.3. The number of benzene rings is 1. The third kappa shape index (κ3) is 3.82. The lowest BCUT2D eigenvalue weighted by atomic mass is 10.2. The summed E-state index contributed by atoms with van der Waals surface area (Å²) in [6.45, 7) is 0.426. The number of carbonyl (C=O) groups is 2. The summed E-state index contributed by atoms with van der Waals surface area (Å²) >= 11 is 1.27. The number of anilines is 1. The van der Waals surface area contributed by atoms with Crippen LogP contribution in [0.15, 0.2) is 60.4 Å². The Hall–Kier alpha value is -3.06. The van der Waals surface area contributed by atoms with Crippen LogP contribution in [0, 0.1) is 0 Å². The number of aromatic nitrogens is 2. The van der Waals surface area contributed by atoms with E-state index in [4.69, 9.17) is 0 Å². The van der Waals surface area contributed by atoms with Crippen molar-refractivity contribution >= 4 is 28.8 Å². The molecule has 6 nitrogen and oxygen atoms in total. The third-order valence-electron chi connectivity index (χ3n) is 3.21. The molecular weight excluding hydrogens is 324 g/mol. The summed E-state index contributed by atoms with van der Waals surface area (Å²) < 4.78 is 0. The summed E-state index contributed by atoms with van der Waals surface area (Å²) in [7, 11) is 0. The summed E-state index contributed by atoms with van der Waals surface area (Å²) in [5.41, 5.74) is 1.66. The maximum absolute atomic E-state index is 12.3. The highest BCUT2D eigenvalue weighted by atomic mass is 32.1. The first-order chi connectivity index (χ1) is 11.7. The number of nitrogens with zero attached hydrogens (tertiary/aromatic N) is 2. The first-order valence-corrected chi connectivity index (χ1v) is 8.09. The zero-order valence-corrected chi connectivity index (χ0v) is 13.4. The van der Waals surface area contributed by atoms with Gasteiger partial charge in [-0.25, -0.2) is 4.98 Å². The molecule has 0 unspecified atom stereocenters. The van der Waals surface area contributed by atoms with Gasteiger partial charge in [-0.1, -0.05) is 30.3 Å². The van der Waals surface area contributed by atoms with Crippen molar-refractivity contribution in [2.45, 2.75) is 6.54 Å². The topological polar surface area (TPSA) is 84.0 Å². The number of carbonyl (C=O) groups excluding carboxylic acids is 2. The second-order valence-corrected chi connectivity index (χ2v) is 5.79. The van der Waals surface area contributed by atoms with E-state index in [1.807, 2.05) is 30.3 Å². The first kappa shape index (κ1) is 15.8. The molecular formula is C17H14N4O2S. The van der Waals surface area contributed by atoms with Crippen LogP contribution in [0.2, 0.25) is 0 Å². The predicted octanol–water partition coefficient (Wildman–Crippen LogP) is 2.72. The molecule has 0 aliphatic rings. The van der Waals surface area contributed by atoms with E-state index in [9.17, 15) is 9.59 Å². The summed E-state index contributed by atoms with van der Waals surface area (Å²) in [5, 5.41) is 7.29. The molecule has 0 radical (unpaired) electrons.